The first-order chi connectivity index (χ1) is 9.58. The topological polar surface area (TPSA) is 36.0 Å². The molecule has 0 aliphatic carbocycles. The van der Waals surface area contributed by atoms with Crippen molar-refractivity contribution in [2.45, 2.75) is 25.9 Å². The third-order valence-electron chi connectivity index (χ3n) is 3.92. The van der Waals surface area contributed by atoms with Crippen LogP contribution in [0.1, 0.15) is 13.8 Å². The molecule has 2 fully saturated rings. The Kier molecular flexibility index (Phi) is 6.25. The van der Waals surface area contributed by atoms with Crippen molar-refractivity contribution in [1.29, 1.82) is 0 Å². The average molecular weight is 393 g/mol. The first-order valence-corrected chi connectivity index (χ1v) is 8.24. The molecule has 0 aromatic rings. The van der Waals surface area contributed by atoms with Crippen LogP contribution >= 0.6 is 22.9 Å². The molecule has 114 valence electrons. The number of nitrogens with zero attached hydrogens (tertiary/aromatic N) is 3. The Morgan fingerprint density at radius 1 is 1.25 bits per heavy atom. The van der Waals surface area contributed by atoms with Gasteiger partial charge >= 0.3 is 0 Å². The highest BCUT2D eigenvalue weighted by Crippen LogP contribution is 2.18. The molecule has 0 spiro atoms. The molecule has 2 aliphatic heterocycles. The summed E-state index contributed by atoms with van der Waals surface area (Å²) >= 11 is 2.35. The molecule has 0 aromatic heterocycles. The fraction of sp³-hybridized carbons (Fsp3) is 0.786. The predicted molar refractivity (Wildman–Crippen MR) is 87.8 cm³/mol. The Bertz CT molecular complexity index is 358. The van der Waals surface area contributed by atoms with Gasteiger partial charge < -0.3 is 9.64 Å². The van der Waals surface area contributed by atoms with E-state index in [4.69, 9.17) is 4.74 Å². The lowest BCUT2D eigenvalue weighted by atomic mass is 10.1. The number of hydrogen-bond donors (Lipinski definition) is 0. The van der Waals surface area contributed by atoms with Crippen molar-refractivity contribution < 1.29 is 9.53 Å². The fourth-order valence-electron chi connectivity index (χ4n) is 2.57. The monoisotopic (exact) mass is 393 g/mol. The van der Waals surface area contributed by atoms with Gasteiger partial charge in [0, 0.05) is 73.7 Å². The summed E-state index contributed by atoms with van der Waals surface area (Å²) in [4.78, 5) is 16.6. The summed E-state index contributed by atoms with van der Waals surface area (Å²) in [5.41, 5.74) is 0. The van der Waals surface area contributed by atoms with Gasteiger partial charge in [-0.2, -0.15) is 0 Å². The molecular formula is C14H24IN3O2. The Hall–Kier alpha value is -0.180. The standard InChI is InChI=1S/C14H24IN3O2/c1-12-11-18(15)13(2)10-17(12)14(19)4-3-5-16-6-8-20-9-7-16/h3-4,12-13H,5-11H2,1-2H3/b4-3+/t12-,13+/m1/s1. The number of carbonyl (C=O) groups excluding carboxylic acids is 1. The zero-order valence-corrected chi connectivity index (χ0v) is 14.5. The maximum absolute atomic E-state index is 12.3. The molecule has 0 radical (unpaired) electrons. The number of ether oxygens (including phenoxy) is 1. The van der Waals surface area contributed by atoms with Crippen LogP contribution in [0, 0.1) is 0 Å². The molecule has 1 amide bonds. The van der Waals surface area contributed by atoms with Crippen molar-refractivity contribution in [3.05, 3.63) is 12.2 Å². The van der Waals surface area contributed by atoms with E-state index in [1.54, 1.807) is 6.08 Å². The Balaban J connectivity index is 1.81. The Morgan fingerprint density at radius 2 is 1.95 bits per heavy atom. The van der Waals surface area contributed by atoms with Gasteiger partial charge in [-0.1, -0.05) is 6.08 Å². The molecule has 6 heteroatoms. The van der Waals surface area contributed by atoms with Gasteiger partial charge in [0.1, 0.15) is 0 Å². The summed E-state index contributed by atoms with van der Waals surface area (Å²) in [6.07, 6.45) is 3.73. The first kappa shape index (κ1) is 16.2. The minimum atomic E-state index is 0.141. The van der Waals surface area contributed by atoms with E-state index in [1.165, 1.54) is 0 Å². The maximum atomic E-state index is 12.3. The number of piperazine rings is 1. The van der Waals surface area contributed by atoms with Crippen LogP contribution in [0.2, 0.25) is 0 Å². The molecule has 2 atom stereocenters. The molecule has 2 heterocycles. The van der Waals surface area contributed by atoms with Crippen molar-refractivity contribution in [2.24, 2.45) is 0 Å². The van der Waals surface area contributed by atoms with Crippen LogP contribution in [0.15, 0.2) is 12.2 Å². The van der Waals surface area contributed by atoms with Gasteiger partial charge in [0.2, 0.25) is 5.91 Å². The fourth-order valence-corrected chi connectivity index (χ4v) is 3.32. The highest BCUT2D eigenvalue weighted by Gasteiger charge is 2.29. The summed E-state index contributed by atoms with van der Waals surface area (Å²) in [7, 11) is 0. The molecular weight excluding hydrogens is 369 g/mol. The zero-order valence-electron chi connectivity index (χ0n) is 12.3. The number of rotatable bonds is 3. The number of hydrogen-bond acceptors (Lipinski definition) is 4. The van der Waals surface area contributed by atoms with Crippen LogP contribution in [-0.2, 0) is 9.53 Å². The molecule has 0 N–H and O–H groups in total. The van der Waals surface area contributed by atoms with Crippen LogP contribution < -0.4 is 0 Å². The van der Waals surface area contributed by atoms with Gasteiger partial charge in [0.05, 0.1) is 13.2 Å². The van der Waals surface area contributed by atoms with Gasteiger partial charge in [-0.3, -0.25) is 9.69 Å². The van der Waals surface area contributed by atoms with Crippen LogP contribution in [0.3, 0.4) is 0 Å². The lowest BCUT2D eigenvalue weighted by Gasteiger charge is -2.40. The second-order valence-corrected chi connectivity index (χ2v) is 6.83. The summed E-state index contributed by atoms with van der Waals surface area (Å²) in [6.45, 7) is 10.4. The normalized spacial score (nSPS) is 30.1. The quantitative estimate of drug-likeness (QED) is 0.410. The summed E-state index contributed by atoms with van der Waals surface area (Å²) < 4.78 is 7.59. The van der Waals surface area contributed by atoms with E-state index in [0.29, 0.717) is 6.04 Å². The van der Waals surface area contributed by atoms with Crippen molar-refractivity contribution in [3.63, 3.8) is 0 Å². The SMILES string of the molecule is C[C@@H]1CN(I)[C@@H](C)CN1C(=O)/C=C/CN1CCOCC1. The van der Waals surface area contributed by atoms with Crippen molar-refractivity contribution in [2.75, 3.05) is 45.9 Å². The third kappa shape index (κ3) is 4.41. The number of morpholine rings is 1. The van der Waals surface area contributed by atoms with Crippen LogP contribution in [0.25, 0.3) is 0 Å². The molecule has 2 aliphatic rings. The highest BCUT2D eigenvalue weighted by molar-refractivity contribution is 14.1. The number of carbonyl (C=O) groups is 1. The molecule has 0 bridgehead atoms. The molecule has 0 saturated carbocycles. The molecule has 2 saturated heterocycles. The minimum absolute atomic E-state index is 0.141. The van der Waals surface area contributed by atoms with Crippen molar-refractivity contribution in [3.8, 4) is 0 Å². The number of amides is 1. The van der Waals surface area contributed by atoms with Crippen LogP contribution in [0.4, 0.5) is 0 Å². The predicted octanol–water partition coefficient (Wildman–Crippen LogP) is 1.15. The van der Waals surface area contributed by atoms with Crippen molar-refractivity contribution in [1.82, 2.24) is 12.9 Å². The van der Waals surface area contributed by atoms with E-state index in [0.717, 1.165) is 45.9 Å². The van der Waals surface area contributed by atoms with Crippen molar-refractivity contribution >= 4 is 28.8 Å². The third-order valence-corrected chi connectivity index (χ3v) is 5.27. The average Bonchev–Trinajstić information content (AvgIpc) is 2.44. The van der Waals surface area contributed by atoms with Gasteiger partial charge in [0.25, 0.3) is 0 Å². The molecule has 0 aromatic carbocycles. The van der Waals surface area contributed by atoms with Gasteiger partial charge in [-0.15, -0.1) is 0 Å². The lowest BCUT2D eigenvalue weighted by molar-refractivity contribution is -0.130. The Morgan fingerprint density at radius 3 is 2.65 bits per heavy atom. The van der Waals surface area contributed by atoms with E-state index in [-0.39, 0.29) is 11.9 Å². The maximum Gasteiger partial charge on any atom is 0.246 e. The summed E-state index contributed by atoms with van der Waals surface area (Å²) in [5, 5.41) is 0. The summed E-state index contributed by atoms with van der Waals surface area (Å²) in [6, 6.07) is 0.701. The van der Waals surface area contributed by atoms with Crippen LogP contribution in [0.5, 0.6) is 0 Å². The largest absolute Gasteiger partial charge is 0.379 e. The highest BCUT2D eigenvalue weighted by atomic mass is 127. The molecule has 5 nitrogen and oxygen atoms in total. The van der Waals surface area contributed by atoms with Gasteiger partial charge in [-0.05, 0) is 13.8 Å². The second kappa shape index (κ2) is 7.72. The van der Waals surface area contributed by atoms with E-state index in [2.05, 4.69) is 44.7 Å². The zero-order chi connectivity index (χ0) is 14.5. The van der Waals surface area contributed by atoms with E-state index < -0.39 is 0 Å². The lowest BCUT2D eigenvalue weighted by Crippen LogP contribution is -2.54. The second-order valence-electron chi connectivity index (χ2n) is 5.59. The smallest absolute Gasteiger partial charge is 0.246 e. The molecule has 0 unspecified atom stereocenters. The molecule has 20 heavy (non-hydrogen) atoms. The van der Waals surface area contributed by atoms with E-state index in [9.17, 15) is 4.79 Å². The summed E-state index contributed by atoms with van der Waals surface area (Å²) in [5.74, 6) is 0.141. The van der Waals surface area contributed by atoms with Crippen LogP contribution in [-0.4, -0.2) is 76.8 Å². The van der Waals surface area contributed by atoms with Gasteiger partial charge in [-0.25, -0.2) is 3.11 Å². The van der Waals surface area contributed by atoms with E-state index in [1.807, 2.05) is 11.0 Å². The first-order valence-electron chi connectivity index (χ1n) is 7.27. The van der Waals surface area contributed by atoms with Gasteiger partial charge in [0.15, 0.2) is 0 Å². The number of halogens is 1. The minimum Gasteiger partial charge on any atom is -0.379 e. The Labute approximate surface area is 135 Å². The van der Waals surface area contributed by atoms with E-state index >= 15 is 0 Å². The molecule has 2 rings (SSSR count).